The van der Waals surface area contributed by atoms with Crippen molar-refractivity contribution in [3.8, 4) is 0 Å². The number of rotatable bonds is 5. The SMILES string of the molecule is CCCNc1ccc(Cc2nc3ccccc3n2C)nn1. The maximum Gasteiger partial charge on any atom is 0.148 e. The summed E-state index contributed by atoms with van der Waals surface area (Å²) < 4.78 is 2.11. The van der Waals surface area contributed by atoms with E-state index >= 15 is 0 Å². The zero-order valence-corrected chi connectivity index (χ0v) is 12.4. The van der Waals surface area contributed by atoms with E-state index in [0.717, 1.165) is 41.3 Å². The van der Waals surface area contributed by atoms with Gasteiger partial charge in [0.25, 0.3) is 0 Å². The topological polar surface area (TPSA) is 55.6 Å². The van der Waals surface area contributed by atoms with Crippen molar-refractivity contribution in [1.82, 2.24) is 19.7 Å². The van der Waals surface area contributed by atoms with Crippen LogP contribution >= 0.6 is 0 Å². The van der Waals surface area contributed by atoms with Crippen LogP contribution in [-0.4, -0.2) is 26.3 Å². The highest BCUT2D eigenvalue weighted by Crippen LogP contribution is 2.16. The normalized spacial score (nSPS) is 11.0. The fourth-order valence-corrected chi connectivity index (χ4v) is 2.32. The highest BCUT2D eigenvalue weighted by atomic mass is 15.2. The highest BCUT2D eigenvalue weighted by molar-refractivity contribution is 5.75. The summed E-state index contributed by atoms with van der Waals surface area (Å²) in [6.07, 6.45) is 1.76. The minimum absolute atomic E-state index is 0.687. The van der Waals surface area contributed by atoms with Gasteiger partial charge in [-0.05, 0) is 30.7 Å². The molecule has 5 heteroatoms. The Morgan fingerprint density at radius 2 is 1.95 bits per heavy atom. The molecule has 0 saturated heterocycles. The number of imidazole rings is 1. The van der Waals surface area contributed by atoms with E-state index in [9.17, 15) is 0 Å². The number of aromatic nitrogens is 4. The molecule has 0 radical (unpaired) electrons. The number of nitrogens with one attached hydrogen (secondary N) is 1. The van der Waals surface area contributed by atoms with Gasteiger partial charge in [0, 0.05) is 13.6 Å². The lowest BCUT2D eigenvalue weighted by Crippen LogP contribution is -2.05. The van der Waals surface area contributed by atoms with Crippen molar-refractivity contribution in [3.05, 3.63) is 47.9 Å². The van der Waals surface area contributed by atoms with Crippen molar-refractivity contribution in [2.75, 3.05) is 11.9 Å². The lowest BCUT2D eigenvalue weighted by molar-refractivity contribution is 0.815. The Balaban J connectivity index is 1.80. The van der Waals surface area contributed by atoms with Crippen molar-refractivity contribution >= 4 is 16.9 Å². The number of fused-ring (bicyclic) bond motifs is 1. The standard InChI is InChI=1S/C16H19N5/c1-3-10-17-15-9-8-12(19-20-15)11-16-18-13-6-4-5-7-14(13)21(16)2/h4-9H,3,10-11H2,1-2H3,(H,17,20). The first-order valence-corrected chi connectivity index (χ1v) is 7.24. The van der Waals surface area contributed by atoms with Gasteiger partial charge in [-0.3, -0.25) is 0 Å². The fourth-order valence-electron chi connectivity index (χ4n) is 2.32. The van der Waals surface area contributed by atoms with Crippen LogP contribution in [0.1, 0.15) is 24.9 Å². The second kappa shape index (κ2) is 5.91. The Morgan fingerprint density at radius 3 is 2.67 bits per heavy atom. The molecule has 0 spiro atoms. The van der Waals surface area contributed by atoms with E-state index in [2.05, 4.69) is 38.1 Å². The van der Waals surface area contributed by atoms with Crippen molar-refractivity contribution in [2.45, 2.75) is 19.8 Å². The van der Waals surface area contributed by atoms with E-state index in [1.54, 1.807) is 0 Å². The molecule has 21 heavy (non-hydrogen) atoms. The predicted octanol–water partition coefficient (Wildman–Crippen LogP) is 2.78. The number of hydrogen-bond acceptors (Lipinski definition) is 4. The van der Waals surface area contributed by atoms with Crippen molar-refractivity contribution < 1.29 is 0 Å². The Kier molecular flexibility index (Phi) is 3.81. The van der Waals surface area contributed by atoms with E-state index in [4.69, 9.17) is 0 Å². The van der Waals surface area contributed by atoms with Crippen LogP contribution in [0, 0.1) is 0 Å². The first-order chi connectivity index (χ1) is 10.3. The fraction of sp³-hybridized carbons (Fsp3) is 0.312. The Labute approximate surface area is 124 Å². The van der Waals surface area contributed by atoms with Gasteiger partial charge >= 0.3 is 0 Å². The minimum atomic E-state index is 0.687. The van der Waals surface area contributed by atoms with Crippen LogP contribution in [0.25, 0.3) is 11.0 Å². The molecule has 2 aromatic heterocycles. The Morgan fingerprint density at radius 1 is 1.10 bits per heavy atom. The molecule has 0 atom stereocenters. The van der Waals surface area contributed by atoms with Crippen molar-refractivity contribution in [2.24, 2.45) is 7.05 Å². The molecule has 3 rings (SSSR count). The molecule has 5 nitrogen and oxygen atoms in total. The van der Waals surface area contributed by atoms with Crippen molar-refractivity contribution in [3.63, 3.8) is 0 Å². The molecule has 1 aromatic carbocycles. The summed E-state index contributed by atoms with van der Waals surface area (Å²) in [6.45, 7) is 3.04. The second-order valence-electron chi connectivity index (χ2n) is 5.09. The van der Waals surface area contributed by atoms with E-state index in [1.165, 1.54) is 0 Å². The number of anilines is 1. The molecule has 0 aliphatic heterocycles. The maximum atomic E-state index is 4.66. The molecular weight excluding hydrogens is 262 g/mol. The van der Waals surface area contributed by atoms with Crippen LogP contribution in [0.4, 0.5) is 5.82 Å². The van der Waals surface area contributed by atoms with Crippen molar-refractivity contribution in [1.29, 1.82) is 0 Å². The molecule has 2 heterocycles. The average molecular weight is 281 g/mol. The molecule has 0 fully saturated rings. The van der Waals surface area contributed by atoms with Crippen LogP contribution in [-0.2, 0) is 13.5 Å². The smallest absolute Gasteiger partial charge is 0.148 e. The third-order valence-corrected chi connectivity index (χ3v) is 3.49. The molecule has 1 N–H and O–H groups in total. The summed E-state index contributed by atoms with van der Waals surface area (Å²) in [5, 5.41) is 11.7. The summed E-state index contributed by atoms with van der Waals surface area (Å²) in [6, 6.07) is 12.1. The number of para-hydroxylation sites is 2. The van der Waals surface area contributed by atoms with Gasteiger partial charge in [0.1, 0.15) is 11.6 Å². The first kappa shape index (κ1) is 13.5. The van der Waals surface area contributed by atoms with E-state index < -0.39 is 0 Å². The lowest BCUT2D eigenvalue weighted by Gasteiger charge is -2.04. The lowest BCUT2D eigenvalue weighted by atomic mass is 10.3. The monoisotopic (exact) mass is 281 g/mol. The van der Waals surface area contributed by atoms with Gasteiger partial charge in [0.05, 0.1) is 23.1 Å². The third-order valence-electron chi connectivity index (χ3n) is 3.49. The van der Waals surface area contributed by atoms with Gasteiger partial charge in [-0.2, -0.15) is 5.10 Å². The summed E-state index contributed by atoms with van der Waals surface area (Å²) in [5.74, 6) is 1.82. The van der Waals surface area contributed by atoms with Crippen LogP contribution in [0.3, 0.4) is 0 Å². The molecule has 0 bridgehead atoms. The number of hydrogen-bond donors (Lipinski definition) is 1. The molecule has 0 unspecified atom stereocenters. The van der Waals surface area contributed by atoms with Gasteiger partial charge in [0.2, 0.25) is 0 Å². The Hall–Kier alpha value is -2.43. The summed E-state index contributed by atoms with van der Waals surface area (Å²) in [4.78, 5) is 4.66. The zero-order valence-electron chi connectivity index (χ0n) is 12.4. The maximum absolute atomic E-state index is 4.66. The predicted molar refractivity (Wildman–Crippen MR) is 84.3 cm³/mol. The van der Waals surface area contributed by atoms with Gasteiger partial charge in [-0.25, -0.2) is 4.98 Å². The van der Waals surface area contributed by atoms with Gasteiger partial charge in [0.15, 0.2) is 0 Å². The van der Waals surface area contributed by atoms with E-state index in [0.29, 0.717) is 6.42 Å². The Bertz CT molecular complexity index is 730. The zero-order chi connectivity index (χ0) is 14.7. The summed E-state index contributed by atoms with van der Waals surface area (Å²) in [5.41, 5.74) is 3.08. The molecule has 108 valence electrons. The van der Waals surface area contributed by atoms with E-state index in [1.807, 2.05) is 37.4 Å². The second-order valence-corrected chi connectivity index (χ2v) is 5.09. The number of nitrogens with zero attached hydrogens (tertiary/aromatic N) is 4. The molecule has 0 aliphatic carbocycles. The van der Waals surface area contributed by atoms with Crippen LogP contribution in [0.2, 0.25) is 0 Å². The summed E-state index contributed by atoms with van der Waals surface area (Å²) >= 11 is 0. The number of benzene rings is 1. The highest BCUT2D eigenvalue weighted by Gasteiger charge is 2.08. The van der Waals surface area contributed by atoms with Gasteiger partial charge in [-0.15, -0.1) is 5.10 Å². The van der Waals surface area contributed by atoms with E-state index in [-0.39, 0.29) is 0 Å². The average Bonchev–Trinajstić information content (AvgIpc) is 2.83. The summed E-state index contributed by atoms with van der Waals surface area (Å²) in [7, 11) is 2.04. The largest absolute Gasteiger partial charge is 0.369 e. The minimum Gasteiger partial charge on any atom is -0.369 e. The third kappa shape index (κ3) is 2.86. The van der Waals surface area contributed by atoms with Crippen LogP contribution in [0.15, 0.2) is 36.4 Å². The quantitative estimate of drug-likeness (QED) is 0.781. The molecule has 3 aromatic rings. The molecule has 0 saturated carbocycles. The van der Waals surface area contributed by atoms with Crippen LogP contribution in [0.5, 0.6) is 0 Å². The van der Waals surface area contributed by atoms with Gasteiger partial charge in [-0.1, -0.05) is 19.1 Å². The number of aryl methyl sites for hydroxylation is 1. The molecule has 0 aliphatic rings. The molecular formula is C16H19N5. The van der Waals surface area contributed by atoms with Crippen LogP contribution < -0.4 is 5.32 Å². The first-order valence-electron chi connectivity index (χ1n) is 7.24. The van der Waals surface area contributed by atoms with Gasteiger partial charge < -0.3 is 9.88 Å². The molecule has 0 amide bonds.